The van der Waals surface area contributed by atoms with Crippen LogP contribution in [0.25, 0.3) is 10.9 Å². The Labute approximate surface area is 165 Å². The number of rotatable bonds is 4. The molecule has 3 rings (SSSR count). The highest BCUT2D eigenvalue weighted by molar-refractivity contribution is 6.38. The van der Waals surface area contributed by atoms with Crippen LogP contribution in [0.4, 0.5) is 10.1 Å². The van der Waals surface area contributed by atoms with Crippen molar-refractivity contribution in [1.82, 2.24) is 4.57 Å². The minimum absolute atomic E-state index is 0.0374. The number of benzene rings is 1. The predicted octanol–water partition coefficient (Wildman–Crippen LogP) is 3.49. The van der Waals surface area contributed by atoms with Gasteiger partial charge in [-0.25, -0.2) is 9.18 Å². The zero-order valence-corrected chi connectivity index (χ0v) is 16.4. The second-order valence-electron chi connectivity index (χ2n) is 6.75. The molecule has 0 radical (unpaired) electrons. The summed E-state index contributed by atoms with van der Waals surface area (Å²) in [4.78, 5) is 26.0. The quantitative estimate of drug-likeness (QED) is 0.746. The van der Waals surface area contributed by atoms with Crippen molar-refractivity contribution in [2.45, 2.75) is 38.2 Å². The van der Waals surface area contributed by atoms with Crippen molar-refractivity contribution >= 4 is 45.8 Å². The van der Waals surface area contributed by atoms with Gasteiger partial charge in [0.1, 0.15) is 11.1 Å². The van der Waals surface area contributed by atoms with Gasteiger partial charge in [-0.1, -0.05) is 30.1 Å². The Morgan fingerprint density at radius 3 is 2.70 bits per heavy atom. The largest absolute Gasteiger partial charge is 0.477 e. The van der Waals surface area contributed by atoms with Crippen LogP contribution in [0.15, 0.2) is 11.0 Å². The molecule has 9 heteroatoms. The smallest absolute Gasteiger partial charge is 0.341 e. The van der Waals surface area contributed by atoms with E-state index in [1.807, 2.05) is 6.92 Å². The zero-order valence-electron chi connectivity index (χ0n) is 14.9. The fourth-order valence-electron chi connectivity index (χ4n) is 3.54. The maximum absolute atomic E-state index is 15.2. The van der Waals surface area contributed by atoms with Crippen LogP contribution in [-0.4, -0.2) is 34.8 Å². The standard InChI is InChI=1S/C18H20Cl2FN3O3/c1-3-11(19)24-7-10(18(26)27)17(25)12-8(2)14(21)16(13(20)15(12)24)23-5-4-9(22)6-23/h7,9,11H,3-6,22H2,1-2H3,(H,26,27). The Kier molecular flexibility index (Phi) is 5.38. The molecule has 1 fully saturated rings. The summed E-state index contributed by atoms with van der Waals surface area (Å²) in [6.07, 6.45) is 2.33. The van der Waals surface area contributed by atoms with Crippen LogP contribution in [0.5, 0.6) is 0 Å². The third-order valence-corrected chi connectivity index (χ3v) is 5.85. The van der Waals surface area contributed by atoms with Crippen molar-refractivity contribution in [3.63, 3.8) is 0 Å². The minimum atomic E-state index is -1.40. The summed E-state index contributed by atoms with van der Waals surface area (Å²) in [5.74, 6) is -2.04. The van der Waals surface area contributed by atoms with E-state index in [0.29, 0.717) is 25.9 Å². The molecule has 0 amide bonds. The Balaban J connectivity index is 2.46. The van der Waals surface area contributed by atoms with Gasteiger partial charge in [-0.2, -0.15) is 0 Å². The number of carboxylic acid groups (broad SMARTS) is 1. The average molecular weight is 416 g/mol. The molecule has 2 aromatic rings. The number of carboxylic acids is 1. The third kappa shape index (κ3) is 3.17. The van der Waals surface area contributed by atoms with Crippen LogP contribution >= 0.6 is 23.2 Å². The Bertz CT molecular complexity index is 992. The molecule has 2 unspecified atom stereocenters. The molecule has 0 bridgehead atoms. The summed E-state index contributed by atoms with van der Waals surface area (Å²) in [5, 5.41) is 9.36. The number of carbonyl (C=O) groups is 1. The maximum atomic E-state index is 15.2. The van der Waals surface area contributed by atoms with Gasteiger partial charge in [-0.05, 0) is 19.8 Å². The molecule has 1 aromatic carbocycles. The van der Waals surface area contributed by atoms with E-state index in [1.165, 1.54) is 17.7 Å². The lowest BCUT2D eigenvalue weighted by molar-refractivity contribution is 0.0695. The van der Waals surface area contributed by atoms with Gasteiger partial charge in [0, 0.05) is 30.9 Å². The molecule has 146 valence electrons. The SMILES string of the molecule is CCC(Cl)n1cc(C(=O)O)c(=O)c2c(C)c(F)c(N3CCC(N)C3)c(Cl)c21. The highest BCUT2D eigenvalue weighted by Crippen LogP contribution is 2.40. The predicted molar refractivity (Wildman–Crippen MR) is 105 cm³/mol. The van der Waals surface area contributed by atoms with Crippen LogP contribution in [0.1, 0.15) is 41.2 Å². The molecule has 1 aliphatic rings. The lowest BCUT2D eigenvalue weighted by atomic mass is 10.0. The van der Waals surface area contributed by atoms with Gasteiger partial charge in [-0.15, -0.1) is 0 Å². The van der Waals surface area contributed by atoms with Gasteiger partial charge in [0.2, 0.25) is 5.43 Å². The van der Waals surface area contributed by atoms with Crippen LogP contribution in [0.3, 0.4) is 0 Å². The van der Waals surface area contributed by atoms with Crippen molar-refractivity contribution in [1.29, 1.82) is 0 Å². The number of anilines is 1. The van der Waals surface area contributed by atoms with Gasteiger partial charge in [-0.3, -0.25) is 4.79 Å². The highest BCUT2D eigenvalue weighted by atomic mass is 35.5. The Morgan fingerprint density at radius 2 is 2.19 bits per heavy atom. The van der Waals surface area contributed by atoms with Gasteiger partial charge in [0.25, 0.3) is 0 Å². The van der Waals surface area contributed by atoms with E-state index in [1.54, 1.807) is 4.90 Å². The van der Waals surface area contributed by atoms with Gasteiger partial charge in [0.05, 0.1) is 21.6 Å². The molecule has 2 atom stereocenters. The topological polar surface area (TPSA) is 88.6 Å². The number of aromatic nitrogens is 1. The van der Waals surface area contributed by atoms with Crippen LogP contribution in [-0.2, 0) is 0 Å². The molecule has 1 aromatic heterocycles. The van der Waals surface area contributed by atoms with Crippen LogP contribution in [0, 0.1) is 12.7 Å². The number of halogens is 3. The first-order valence-electron chi connectivity index (χ1n) is 8.63. The number of nitrogens with zero attached hydrogens (tertiary/aromatic N) is 2. The maximum Gasteiger partial charge on any atom is 0.341 e. The molecular formula is C18H20Cl2FN3O3. The van der Waals surface area contributed by atoms with E-state index in [2.05, 4.69) is 0 Å². The molecule has 6 nitrogen and oxygen atoms in total. The van der Waals surface area contributed by atoms with Crippen molar-refractivity contribution < 1.29 is 14.3 Å². The first-order valence-corrected chi connectivity index (χ1v) is 9.44. The lowest BCUT2D eigenvalue weighted by Crippen LogP contribution is -2.28. The van der Waals surface area contributed by atoms with E-state index in [0.717, 1.165) is 0 Å². The summed E-state index contributed by atoms with van der Waals surface area (Å²) in [6.45, 7) is 4.24. The Hall–Kier alpha value is -1.83. The Morgan fingerprint density at radius 1 is 1.52 bits per heavy atom. The second kappa shape index (κ2) is 7.30. The molecular weight excluding hydrogens is 396 g/mol. The lowest BCUT2D eigenvalue weighted by Gasteiger charge is -2.25. The number of hydrogen-bond acceptors (Lipinski definition) is 4. The molecule has 0 aliphatic carbocycles. The monoisotopic (exact) mass is 415 g/mol. The van der Waals surface area contributed by atoms with E-state index in [4.69, 9.17) is 28.9 Å². The number of hydrogen-bond donors (Lipinski definition) is 2. The average Bonchev–Trinajstić information content (AvgIpc) is 3.04. The molecule has 27 heavy (non-hydrogen) atoms. The van der Waals surface area contributed by atoms with Crippen molar-refractivity contribution in [2.24, 2.45) is 5.73 Å². The summed E-state index contributed by atoms with van der Waals surface area (Å²) >= 11 is 12.9. The van der Waals surface area contributed by atoms with Gasteiger partial charge >= 0.3 is 5.97 Å². The van der Waals surface area contributed by atoms with Crippen molar-refractivity contribution in [3.8, 4) is 0 Å². The summed E-state index contributed by atoms with van der Waals surface area (Å²) in [5.41, 5.74) is 4.49. The number of aromatic carboxylic acids is 1. The summed E-state index contributed by atoms with van der Waals surface area (Å²) in [7, 11) is 0. The molecule has 0 saturated carbocycles. The van der Waals surface area contributed by atoms with E-state index in [-0.39, 0.29) is 33.2 Å². The van der Waals surface area contributed by atoms with Crippen LogP contribution < -0.4 is 16.1 Å². The summed E-state index contributed by atoms with van der Waals surface area (Å²) < 4.78 is 16.6. The normalized spacial score (nSPS) is 18.3. The summed E-state index contributed by atoms with van der Waals surface area (Å²) in [6, 6.07) is -0.0931. The van der Waals surface area contributed by atoms with E-state index < -0.39 is 28.3 Å². The molecule has 1 saturated heterocycles. The molecule has 2 heterocycles. The van der Waals surface area contributed by atoms with Gasteiger partial charge in [0.15, 0.2) is 5.82 Å². The van der Waals surface area contributed by atoms with Gasteiger partial charge < -0.3 is 20.3 Å². The van der Waals surface area contributed by atoms with Crippen molar-refractivity contribution in [2.75, 3.05) is 18.0 Å². The third-order valence-electron chi connectivity index (χ3n) is 4.97. The molecule has 1 aliphatic heterocycles. The first kappa shape index (κ1) is 19.9. The zero-order chi connectivity index (χ0) is 20.0. The first-order chi connectivity index (χ1) is 12.7. The number of alkyl halides is 1. The number of fused-ring (bicyclic) bond motifs is 1. The van der Waals surface area contributed by atoms with Crippen LogP contribution in [0.2, 0.25) is 5.02 Å². The van der Waals surface area contributed by atoms with E-state index in [9.17, 15) is 14.7 Å². The minimum Gasteiger partial charge on any atom is -0.477 e. The number of nitrogens with two attached hydrogens (primary N) is 1. The molecule has 3 N–H and O–H groups in total. The van der Waals surface area contributed by atoms with Crippen molar-refractivity contribution in [3.05, 3.63) is 38.4 Å². The number of aryl methyl sites for hydroxylation is 1. The van der Waals surface area contributed by atoms with E-state index >= 15 is 4.39 Å². The fourth-order valence-corrected chi connectivity index (χ4v) is 4.09. The molecule has 0 spiro atoms. The second-order valence-corrected chi connectivity index (χ2v) is 7.63. The number of pyridine rings is 1. The fraction of sp³-hybridized carbons (Fsp3) is 0.444. The highest BCUT2D eigenvalue weighted by Gasteiger charge is 2.30.